The summed E-state index contributed by atoms with van der Waals surface area (Å²) in [5.74, 6) is -2.92. The van der Waals surface area contributed by atoms with Gasteiger partial charge in [0, 0.05) is 36.7 Å². The van der Waals surface area contributed by atoms with Crippen molar-refractivity contribution in [3.8, 4) is 11.5 Å². The van der Waals surface area contributed by atoms with Crippen molar-refractivity contribution in [3.63, 3.8) is 0 Å². The summed E-state index contributed by atoms with van der Waals surface area (Å²) in [7, 11) is 0. The van der Waals surface area contributed by atoms with Crippen LogP contribution in [0.25, 0.3) is 0 Å². The minimum absolute atomic E-state index is 0.00527. The van der Waals surface area contributed by atoms with Gasteiger partial charge in [0.2, 0.25) is 5.91 Å². The van der Waals surface area contributed by atoms with Gasteiger partial charge in [0.15, 0.2) is 0 Å². The summed E-state index contributed by atoms with van der Waals surface area (Å²) in [4.78, 5) is 77.9. The first-order chi connectivity index (χ1) is 25.8. The summed E-state index contributed by atoms with van der Waals surface area (Å²) in [6.07, 6.45) is -0.512. The molecular formula is C39H44N4O11. The number of benzene rings is 3. The zero-order chi connectivity index (χ0) is 39.2. The average Bonchev–Trinajstić information content (AvgIpc) is 3.14. The Morgan fingerprint density at radius 2 is 1.48 bits per heavy atom. The third kappa shape index (κ3) is 12.0. The molecule has 1 atom stereocenters. The van der Waals surface area contributed by atoms with Crippen molar-refractivity contribution in [2.24, 2.45) is 0 Å². The summed E-state index contributed by atoms with van der Waals surface area (Å²) in [5.41, 5.74) is 0.835. The highest BCUT2D eigenvalue weighted by atomic mass is 16.6. The molecule has 1 fully saturated rings. The van der Waals surface area contributed by atoms with Crippen molar-refractivity contribution in [1.29, 1.82) is 5.41 Å². The maximum atomic E-state index is 13.8. The zero-order valence-electron chi connectivity index (χ0n) is 30.5. The van der Waals surface area contributed by atoms with Gasteiger partial charge in [-0.05, 0) is 63.9 Å². The van der Waals surface area contributed by atoms with E-state index in [0.717, 1.165) is 0 Å². The fraction of sp³-hybridized carbons (Fsp3) is 0.359. The van der Waals surface area contributed by atoms with E-state index in [1.54, 1.807) is 56.0 Å². The summed E-state index contributed by atoms with van der Waals surface area (Å²) in [5, 5.41) is 13.3. The van der Waals surface area contributed by atoms with Gasteiger partial charge in [-0.1, -0.05) is 42.5 Å². The Balaban J connectivity index is 1.54. The van der Waals surface area contributed by atoms with Gasteiger partial charge in [0.25, 0.3) is 5.91 Å². The summed E-state index contributed by atoms with van der Waals surface area (Å²) >= 11 is 0. The molecular weight excluding hydrogens is 700 g/mol. The van der Waals surface area contributed by atoms with Gasteiger partial charge in [0.05, 0.1) is 31.3 Å². The quantitative estimate of drug-likeness (QED) is 0.0893. The van der Waals surface area contributed by atoms with Crippen molar-refractivity contribution in [3.05, 3.63) is 95.1 Å². The third-order valence-electron chi connectivity index (χ3n) is 8.08. The van der Waals surface area contributed by atoms with Crippen LogP contribution in [0.5, 0.6) is 11.5 Å². The van der Waals surface area contributed by atoms with Crippen LogP contribution in [0, 0.1) is 5.41 Å². The van der Waals surface area contributed by atoms with Gasteiger partial charge < -0.3 is 33.9 Å². The predicted octanol–water partition coefficient (Wildman–Crippen LogP) is 4.72. The molecule has 0 radical (unpaired) electrons. The first-order valence-corrected chi connectivity index (χ1v) is 17.5. The Labute approximate surface area is 312 Å². The lowest BCUT2D eigenvalue weighted by atomic mass is 9.99. The normalized spacial score (nSPS) is 13.3. The SMILES string of the molecule is CCOC(=O)NC(=N)c1ccc(C(=O)NC(CC(=O)N2CCC(OCC(=O)OC(C)C)CC2)c2ccccc2OC(=O)c2ccccc2OC(C)=O)cc1. The Kier molecular flexibility index (Phi) is 14.8. The summed E-state index contributed by atoms with van der Waals surface area (Å²) in [6.45, 7) is 6.99. The first-order valence-electron chi connectivity index (χ1n) is 17.5. The number of rotatable bonds is 14. The standard InChI is InChI=1S/C39H44N4O11/c1-5-50-39(49)42-36(40)26-14-16-27(17-15-26)37(47)41-31(22-34(45)43-20-18-28(19-21-43)51-23-35(46)52-24(2)3)29-10-6-8-12-32(29)54-38(48)30-11-7-9-13-33(30)53-25(4)44/h6-17,24,28,31H,5,18-23H2,1-4H3,(H,41,47)(H2,40,42,49). The topological polar surface area (TPSA) is 200 Å². The molecule has 0 aliphatic carbocycles. The number of para-hydroxylation sites is 2. The molecule has 15 nitrogen and oxygen atoms in total. The maximum absolute atomic E-state index is 13.8. The largest absolute Gasteiger partial charge is 0.461 e. The fourth-order valence-corrected chi connectivity index (χ4v) is 5.56. The number of alkyl carbamates (subject to hydrolysis) is 1. The van der Waals surface area contributed by atoms with Crippen LogP contribution in [-0.4, -0.2) is 85.1 Å². The van der Waals surface area contributed by atoms with E-state index in [1.807, 2.05) is 0 Å². The highest BCUT2D eigenvalue weighted by Gasteiger charge is 2.29. The van der Waals surface area contributed by atoms with Gasteiger partial charge in [-0.3, -0.25) is 25.1 Å². The number of carbonyl (C=O) groups excluding carboxylic acids is 6. The van der Waals surface area contributed by atoms with Gasteiger partial charge in [0.1, 0.15) is 29.5 Å². The number of amides is 3. The van der Waals surface area contributed by atoms with E-state index in [9.17, 15) is 28.8 Å². The molecule has 286 valence electrons. The van der Waals surface area contributed by atoms with Crippen LogP contribution < -0.4 is 20.1 Å². The molecule has 15 heteroatoms. The molecule has 1 heterocycles. The van der Waals surface area contributed by atoms with E-state index < -0.39 is 36.0 Å². The minimum Gasteiger partial charge on any atom is -0.461 e. The lowest BCUT2D eigenvalue weighted by molar-refractivity contribution is -0.156. The van der Waals surface area contributed by atoms with Crippen LogP contribution in [-0.2, 0) is 28.6 Å². The molecule has 4 rings (SSSR count). The molecule has 0 bridgehead atoms. The Hall–Kier alpha value is -6.09. The van der Waals surface area contributed by atoms with Crippen molar-refractivity contribution in [2.75, 3.05) is 26.3 Å². The lowest BCUT2D eigenvalue weighted by Crippen LogP contribution is -2.43. The second kappa shape index (κ2) is 19.7. The summed E-state index contributed by atoms with van der Waals surface area (Å²) < 4.78 is 26.6. The molecule has 0 spiro atoms. The fourth-order valence-electron chi connectivity index (χ4n) is 5.56. The molecule has 0 aromatic heterocycles. The number of ether oxygens (including phenoxy) is 5. The smallest absolute Gasteiger partial charge is 0.412 e. The van der Waals surface area contributed by atoms with Crippen LogP contribution >= 0.6 is 0 Å². The van der Waals surface area contributed by atoms with Crippen LogP contribution in [0.15, 0.2) is 72.8 Å². The van der Waals surface area contributed by atoms with Crippen molar-refractivity contribution < 1.29 is 52.5 Å². The molecule has 3 aromatic rings. The number of nitrogens with one attached hydrogen (secondary N) is 3. The molecule has 3 aromatic carbocycles. The highest BCUT2D eigenvalue weighted by molar-refractivity contribution is 6.05. The number of esters is 3. The average molecular weight is 745 g/mol. The monoisotopic (exact) mass is 744 g/mol. The predicted molar refractivity (Wildman–Crippen MR) is 194 cm³/mol. The van der Waals surface area contributed by atoms with E-state index >= 15 is 0 Å². The van der Waals surface area contributed by atoms with Crippen LogP contribution in [0.2, 0.25) is 0 Å². The van der Waals surface area contributed by atoms with Crippen LogP contribution in [0.4, 0.5) is 4.79 Å². The molecule has 54 heavy (non-hydrogen) atoms. The Bertz CT molecular complexity index is 1840. The van der Waals surface area contributed by atoms with Gasteiger partial charge >= 0.3 is 24.0 Å². The highest BCUT2D eigenvalue weighted by Crippen LogP contribution is 2.31. The van der Waals surface area contributed by atoms with E-state index in [-0.39, 0.29) is 66.2 Å². The first kappa shape index (κ1) is 40.7. The maximum Gasteiger partial charge on any atom is 0.412 e. The van der Waals surface area contributed by atoms with Crippen molar-refractivity contribution in [2.45, 2.75) is 65.2 Å². The molecule has 0 saturated carbocycles. The number of likely N-dealkylation sites (tertiary alicyclic amines) is 1. The van der Waals surface area contributed by atoms with Gasteiger partial charge in [-0.15, -0.1) is 0 Å². The van der Waals surface area contributed by atoms with E-state index in [2.05, 4.69) is 10.6 Å². The number of amidine groups is 1. The molecule has 3 N–H and O–H groups in total. The van der Waals surface area contributed by atoms with Crippen molar-refractivity contribution in [1.82, 2.24) is 15.5 Å². The lowest BCUT2D eigenvalue weighted by Gasteiger charge is -2.33. The number of carbonyl (C=O) groups is 6. The van der Waals surface area contributed by atoms with Crippen LogP contribution in [0.3, 0.4) is 0 Å². The van der Waals surface area contributed by atoms with Gasteiger partial charge in [-0.25, -0.2) is 14.4 Å². The van der Waals surface area contributed by atoms with Gasteiger partial charge in [-0.2, -0.15) is 0 Å². The van der Waals surface area contributed by atoms with E-state index in [4.69, 9.17) is 29.1 Å². The Morgan fingerprint density at radius 3 is 2.13 bits per heavy atom. The Morgan fingerprint density at radius 1 is 0.852 bits per heavy atom. The molecule has 1 unspecified atom stereocenters. The third-order valence-corrected chi connectivity index (χ3v) is 8.08. The van der Waals surface area contributed by atoms with E-state index in [1.165, 1.54) is 49.4 Å². The number of piperidine rings is 1. The second-order valence-corrected chi connectivity index (χ2v) is 12.5. The molecule has 1 saturated heterocycles. The number of hydrogen-bond donors (Lipinski definition) is 3. The molecule has 1 aliphatic heterocycles. The molecule has 1 aliphatic rings. The van der Waals surface area contributed by atoms with Crippen LogP contribution in [0.1, 0.15) is 84.8 Å². The minimum atomic E-state index is -0.985. The van der Waals surface area contributed by atoms with E-state index in [0.29, 0.717) is 37.1 Å². The number of nitrogens with zero attached hydrogens (tertiary/aromatic N) is 1. The zero-order valence-corrected chi connectivity index (χ0v) is 30.5. The summed E-state index contributed by atoms with van der Waals surface area (Å²) in [6, 6.07) is 17.4. The number of hydrogen-bond acceptors (Lipinski definition) is 12. The van der Waals surface area contributed by atoms with Crippen molar-refractivity contribution >= 4 is 41.7 Å². The second-order valence-electron chi connectivity index (χ2n) is 12.5. The molecule has 3 amide bonds.